The van der Waals surface area contributed by atoms with Crippen LogP contribution in [0.2, 0.25) is 5.15 Å². The van der Waals surface area contributed by atoms with Crippen molar-refractivity contribution < 1.29 is 14.3 Å². The average molecular weight is 358 g/mol. The molecule has 1 aliphatic heterocycles. The lowest BCUT2D eigenvalue weighted by Crippen LogP contribution is -2.38. The van der Waals surface area contributed by atoms with Gasteiger partial charge in [0.25, 0.3) is 0 Å². The Morgan fingerprint density at radius 1 is 1.40 bits per heavy atom. The highest BCUT2D eigenvalue weighted by Crippen LogP contribution is 2.58. The number of fused-ring (bicyclic) bond motifs is 4. The second-order valence-electron chi connectivity index (χ2n) is 7.30. The molecule has 0 spiro atoms. The number of halogens is 1. The van der Waals surface area contributed by atoms with Crippen LogP contribution in [0.3, 0.4) is 0 Å². The molecule has 2 fully saturated rings. The fraction of sp³-hybridized carbons (Fsp3) is 0.500. The predicted octanol–water partition coefficient (Wildman–Crippen LogP) is 2.37. The number of hydrogen-bond donors (Lipinski definition) is 0. The molecule has 0 radical (unpaired) electrons. The molecule has 2 aliphatic carbocycles. The lowest BCUT2D eigenvalue weighted by Gasteiger charge is -2.31. The van der Waals surface area contributed by atoms with E-state index in [4.69, 9.17) is 21.1 Å². The van der Waals surface area contributed by atoms with Crippen LogP contribution in [0.5, 0.6) is 0 Å². The topological polar surface area (TPSA) is 66.2 Å². The molecule has 1 saturated heterocycles. The molecule has 3 aliphatic rings. The highest BCUT2D eigenvalue weighted by Gasteiger charge is 2.68. The van der Waals surface area contributed by atoms with E-state index >= 15 is 0 Å². The van der Waals surface area contributed by atoms with E-state index in [2.05, 4.69) is 21.8 Å². The summed E-state index contributed by atoms with van der Waals surface area (Å²) in [6, 6.07) is 1.77. The molecule has 2 aromatic rings. The van der Waals surface area contributed by atoms with E-state index in [9.17, 15) is 4.79 Å². The molecular formula is C18H16ClN3O3. The van der Waals surface area contributed by atoms with Crippen LogP contribution in [0.1, 0.15) is 26.3 Å². The molecule has 7 heteroatoms. The van der Waals surface area contributed by atoms with E-state index in [1.807, 2.05) is 30.7 Å². The highest BCUT2D eigenvalue weighted by molar-refractivity contribution is 6.33. The predicted molar refractivity (Wildman–Crippen MR) is 89.8 cm³/mol. The number of rotatable bonds is 2. The second-order valence-corrected chi connectivity index (χ2v) is 7.66. The molecule has 0 unspecified atom stereocenters. The van der Waals surface area contributed by atoms with Crippen LogP contribution in [-0.2, 0) is 14.3 Å². The van der Waals surface area contributed by atoms with Crippen molar-refractivity contribution in [3.63, 3.8) is 0 Å². The minimum atomic E-state index is -0.837. The van der Waals surface area contributed by atoms with Crippen LogP contribution >= 0.6 is 11.6 Å². The lowest BCUT2D eigenvalue weighted by molar-refractivity contribution is -0.170. The van der Waals surface area contributed by atoms with E-state index in [1.54, 1.807) is 0 Å². The van der Waals surface area contributed by atoms with Gasteiger partial charge in [0.2, 0.25) is 0 Å². The third-order valence-electron chi connectivity index (χ3n) is 5.57. The first-order valence-electron chi connectivity index (χ1n) is 8.26. The van der Waals surface area contributed by atoms with Crippen molar-refractivity contribution in [1.82, 2.24) is 14.5 Å². The van der Waals surface area contributed by atoms with Gasteiger partial charge in [-0.2, -0.15) is 0 Å². The van der Waals surface area contributed by atoms with E-state index in [0.717, 1.165) is 17.3 Å². The summed E-state index contributed by atoms with van der Waals surface area (Å²) in [4.78, 5) is 20.5. The Bertz CT molecular complexity index is 959. The van der Waals surface area contributed by atoms with Gasteiger partial charge in [-0.25, -0.2) is 9.97 Å². The molecule has 0 N–H and O–H groups in total. The summed E-state index contributed by atoms with van der Waals surface area (Å²) in [5.41, 5.74) is -0.109. The maximum Gasteiger partial charge on any atom is 0.163 e. The van der Waals surface area contributed by atoms with Gasteiger partial charge in [-0.15, -0.1) is 5.92 Å². The molecule has 3 heterocycles. The lowest BCUT2D eigenvalue weighted by atomic mass is 9.79. The number of hydrogen-bond acceptors (Lipinski definition) is 5. The van der Waals surface area contributed by atoms with Gasteiger partial charge in [-0.05, 0) is 19.9 Å². The zero-order valence-corrected chi connectivity index (χ0v) is 14.5. The zero-order valence-electron chi connectivity index (χ0n) is 13.8. The maximum absolute atomic E-state index is 12.1. The minimum absolute atomic E-state index is 0.0413. The fourth-order valence-corrected chi connectivity index (χ4v) is 4.81. The summed E-state index contributed by atoms with van der Waals surface area (Å²) in [6.07, 6.45) is 4.29. The first-order chi connectivity index (χ1) is 12.0. The Kier molecular flexibility index (Phi) is 2.95. The van der Waals surface area contributed by atoms with Crippen molar-refractivity contribution in [1.29, 1.82) is 0 Å². The van der Waals surface area contributed by atoms with E-state index in [1.165, 1.54) is 6.33 Å². The number of carbonyl (C=O) groups is 1. The molecule has 0 aromatic carbocycles. The summed E-state index contributed by atoms with van der Waals surface area (Å²) in [6.45, 7) is 3.73. The molecule has 5 rings (SSSR count). The largest absolute Gasteiger partial charge is 0.342 e. The van der Waals surface area contributed by atoms with Crippen LogP contribution in [-0.4, -0.2) is 38.8 Å². The minimum Gasteiger partial charge on any atom is -0.342 e. The van der Waals surface area contributed by atoms with Crippen molar-refractivity contribution in [2.45, 2.75) is 44.3 Å². The first-order valence-corrected chi connectivity index (χ1v) is 8.64. The standard InChI is InChI=1S/C18H16ClN3O3/c1-17(2)24-13-12(11-4-3-6-18(11,8-23)14(13)25-17)22-7-5-10-15(19)20-9-21-16(10)22/h5,7-9,11-14H,4H2,1-2H3/t11-,12-,13+,14+,18+/m1/s1. The zero-order chi connectivity index (χ0) is 17.4. The Morgan fingerprint density at radius 2 is 2.24 bits per heavy atom. The summed E-state index contributed by atoms with van der Waals surface area (Å²) >= 11 is 6.20. The average Bonchev–Trinajstić information content (AvgIpc) is 3.28. The molecule has 2 aromatic heterocycles. The van der Waals surface area contributed by atoms with Crippen molar-refractivity contribution in [3.8, 4) is 11.8 Å². The fourth-order valence-electron chi connectivity index (χ4n) is 4.62. The van der Waals surface area contributed by atoms with Crippen LogP contribution in [0.15, 0.2) is 18.6 Å². The van der Waals surface area contributed by atoms with Gasteiger partial charge in [-0.3, -0.25) is 0 Å². The summed E-state index contributed by atoms with van der Waals surface area (Å²) in [5, 5.41) is 1.19. The van der Waals surface area contributed by atoms with Crippen LogP contribution < -0.4 is 0 Å². The number of aldehydes is 1. The third kappa shape index (κ3) is 1.86. The van der Waals surface area contributed by atoms with Crippen molar-refractivity contribution in [3.05, 3.63) is 23.7 Å². The molecule has 6 nitrogen and oxygen atoms in total. The second kappa shape index (κ2) is 4.82. The SMILES string of the molecule is CC1(C)O[C@H]2[C@H](n3ccc4c(Cl)ncnc43)[C@H]3CC#C[C@@]3(C=O)[C@H]2O1. The van der Waals surface area contributed by atoms with Crippen LogP contribution in [0.4, 0.5) is 0 Å². The van der Waals surface area contributed by atoms with Crippen LogP contribution in [0.25, 0.3) is 11.0 Å². The van der Waals surface area contributed by atoms with Gasteiger partial charge < -0.3 is 18.8 Å². The van der Waals surface area contributed by atoms with Crippen molar-refractivity contribution in [2.75, 3.05) is 0 Å². The summed E-state index contributed by atoms with van der Waals surface area (Å²) in [5.74, 6) is 5.47. The molecule has 25 heavy (non-hydrogen) atoms. The van der Waals surface area contributed by atoms with Gasteiger partial charge in [0.15, 0.2) is 5.79 Å². The van der Waals surface area contributed by atoms with E-state index in [0.29, 0.717) is 11.6 Å². The van der Waals surface area contributed by atoms with Crippen molar-refractivity contribution >= 4 is 28.9 Å². The maximum atomic E-state index is 12.1. The smallest absolute Gasteiger partial charge is 0.163 e. The number of nitrogens with zero attached hydrogens (tertiary/aromatic N) is 3. The van der Waals surface area contributed by atoms with Gasteiger partial charge in [0, 0.05) is 18.5 Å². The Morgan fingerprint density at radius 3 is 3.04 bits per heavy atom. The normalized spacial score (nSPS) is 37.6. The highest BCUT2D eigenvalue weighted by atomic mass is 35.5. The molecule has 0 amide bonds. The molecular weight excluding hydrogens is 342 g/mol. The number of aromatic nitrogens is 3. The van der Waals surface area contributed by atoms with Gasteiger partial charge in [-0.1, -0.05) is 17.5 Å². The quantitative estimate of drug-likeness (QED) is 0.469. The Labute approximate surface area is 149 Å². The van der Waals surface area contributed by atoms with E-state index < -0.39 is 11.2 Å². The summed E-state index contributed by atoms with van der Waals surface area (Å²) < 4.78 is 14.4. The number of ether oxygens (including phenoxy) is 2. The molecule has 1 saturated carbocycles. The number of carbonyl (C=O) groups excluding carboxylic acids is 1. The third-order valence-corrected chi connectivity index (χ3v) is 5.87. The molecule has 0 bridgehead atoms. The Hall–Kier alpha value is -1.94. The van der Waals surface area contributed by atoms with Crippen molar-refractivity contribution in [2.24, 2.45) is 11.3 Å². The first kappa shape index (κ1) is 15.3. The van der Waals surface area contributed by atoms with E-state index in [-0.39, 0.29) is 24.2 Å². The van der Waals surface area contributed by atoms with Gasteiger partial charge in [0.05, 0.1) is 11.4 Å². The molecule has 128 valence electrons. The van der Waals surface area contributed by atoms with Crippen LogP contribution in [0, 0.1) is 23.2 Å². The summed E-state index contributed by atoms with van der Waals surface area (Å²) in [7, 11) is 0. The molecule has 5 atom stereocenters. The van der Waals surface area contributed by atoms with Gasteiger partial charge in [0.1, 0.15) is 41.0 Å². The van der Waals surface area contributed by atoms with Gasteiger partial charge >= 0.3 is 0 Å². The monoisotopic (exact) mass is 357 g/mol. The Balaban J connectivity index is 1.70.